The van der Waals surface area contributed by atoms with Crippen molar-refractivity contribution in [3.8, 4) is 11.1 Å². The predicted octanol–water partition coefficient (Wildman–Crippen LogP) is 5.89. The quantitative estimate of drug-likeness (QED) is 0.568. The van der Waals surface area contributed by atoms with E-state index >= 15 is 0 Å². The molecule has 3 heteroatoms. The molecule has 2 N–H and O–H groups in total. The van der Waals surface area contributed by atoms with Crippen molar-refractivity contribution in [3.63, 3.8) is 0 Å². The van der Waals surface area contributed by atoms with E-state index in [0.717, 1.165) is 17.8 Å². The van der Waals surface area contributed by atoms with Crippen LogP contribution in [0.15, 0.2) is 102 Å². The lowest BCUT2D eigenvalue weighted by molar-refractivity contribution is 1.08. The summed E-state index contributed by atoms with van der Waals surface area (Å²) in [5.74, 6) is 0. The summed E-state index contributed by atoms with van der Waals surface area (Å²) in [7, 11) is 4.10. The number of anilines is 1. The average Bonchev–Trinajstić information content (AvgIpc) is 3.17. The Kier molecular flexibility index (Phi) is 5.53. The molecule has 3 nitrogen and oxygen atoms in total. The summed E-state index contributed by atoms with van der Waals surface area (Å²) >= 11 is 0. The number of rotatable bonds is 6. The van der Waals surface area contributed by atoms with Crippen LogP contribution in [0.4, 0.5) is 5.69 Å². The van der Waals surface area contributed by atoms with Crippen molar-refractivity contribution in [3.05, 3.63) is 108 Å². The van der Waals surface area contributed by atoms with Gasteiger partial charge in [-0.05, 0) is 34.4 Å². The van der Waals surface area contributed by atoms with Gasteiger partial charge in [0, 0.05) is 43.9 Å². The minimum Gasteiger partial charge on any atom is -0.402 e. The Bertz CT molecular complexity index is 1120. The Balaban J connectivity index is 1.73. The van der Waals surface area contributed by atoms with Crippen molar-refractivity contribution in [2.45, 2.75) is 12.8 Å². The summed E-state index contributed by atoms with van der Waals surface area (Å²) in [5.41, 5.74) is 15.9. The second kappa shape index (κ2) is 8.42. The molecule has 0 radical (unpaired) electrons. The molecule has 0 unspecified atom stereocenters. The number of allylic oxidation sites excluding steroid dienone is 1. The van der Waals surface area contributed by atoms with Crippen LogP contribution in [0, 0.1) is 0 Å². The van der Waals surface area contributed by atoms with E-state index in [1.807, 2.05) is 6.07 Å². The first kappa shape index (κ1) is 19.7. The van der Waals surface area contributed by atoms with Gasteiger partial charge in [0.1, 0.15) is 0 Å². The van der Waals surface area contributed by atoms with E-state index in [2.05, 4.69) is 98.4 Å². The second-order valence-corrected chi connectivity index (χ2v) is 7.85. The van der Waals surface area contributed by atoms with Crippen LogP contribution < -0.4 is 10.6 Å². The van der Waals surface area contributed by atoms with Gasteiger partial charge >= 0.3 is 0 Å². The van der Waals surface area contributed by atoms with Gasteiger partial charge in [0.25, 0.3) is 0 Å². The largest absolute Gasteiger partial charge is 0.402 e. The molecule has 0 aliphatic carbocycles. The molecule has 1 heterocycles. The fourth-order valence-electron chi connectivity index (χ4n) is 3.89. The molecule has 0 bridgehead atoms. The van der Waals surface area contributed by atoms with Crippen LogP contribution >= 0.6 is 0 Å². The van der Waals surface area contributed by atoms with Gasteiger partial charge in [-0.2, -0.15) is 0 Å². The van der Waals surface area contributed by atoms with Crippen molar-refractivity contribution < 1.29 is 0 Å². The smallest absolute Gasteiger partial charge is 0.0530 e. The molecule has 0 amide bonds. The Morgan fingerprint density at radius 1 is 0.867 bits per heavy atom. The van der Waals surface area contributed by atoms with E-state index in [1.165, 1.54) is 33.5 Å². The summed E-state index contributed by atoms with van der Waals surface area (Å²) < 4.78 is 0. The molecule has 1 aliphatic rings. The standard InChI is InChI=1S/C27H27N3/c1-19(28)17-26-25(21-13-15-22(16-14-21)30(2)3)18-27(29-26)24-12-8-7-11-23(24)20-9-5-4-6-10-20/h4-16H,1,17-18,28H2,2-3H3. The third-order valence-corrected chi connectivity index (χ3v) is 5.41. The van der Waals surface area contributed by atoms with Crippen molar-refractivity contribution in [2.24, 2.45) is 10.7 Å². The molecule has 0 aromatic heterocycles. The Labute approximate surface area is 178 Å². The highest BCUT2D eigenvalue weighted by molar-refractivity contribution is 6.13. The lowest BCUT2D eigenvalue weighted by atomic mass is 9.92. The van der Waals surface area contributed by atoms with E-state index in [4.69, 9.17) is 10.7 Å². The maximum Gasteiger partial charge on any atom is 0.0530 e. The molecule has 4 rings (SSSR count). The fourth-order valence-corrected chi connectivity index (χ4v) is 3.89. The van der Waals surface area contributed by atoms with E-state index in [0.29, 0.717) is 12.1 Å². The van der Waals surface area contributed by atoms with E-state index < -0.39 is 0 Å². The molecule has 1 aliphatic heterocycles. The van der Waals surface area contributed by atoms with Crippen LogP contribution in [-0.2, 0) is 0 Å². The van der Waals surface area contributed by atoms with Crippen molar-refractivity contribution in [2.75, 3.05) is 19.0 Å². The molecule has 0 fully saturated rings. The zero-order valence-electron chi connectivity index (χ0n) is 17.6. The molecule has 3 aromatic rings. The summed E-state index contributed by atoms with van der Waals surface area (Å²) in [6.45, 7) is 3.91. The van der Waals surface area contributed by atoms with E-state index in [9.17, 15) is 0 Å². The molecule has 0 saturated carbocycles. The Morgan fingerprint density at radius 3 is 2.13 bits per heavy atom. The van der Waals surface area contributed by atoms with Gasteiger partial charge in [-0.3, -0.25) is 4.99 Å². The summed E-state index contributed by atoms with van der Waals surface area (Å²) in [6, 6.07) is 27.6. The third-order valence-electron chi connectivity index (χ3n) is 5.41. The first-order valence-corrected chi connectivity index (χ1v) is 10.2. The van der Waals surface area contributed by atoms with Gasteiger partial charge in [-0.1, -0.05) is 73.3 Å². The third kappa shape index (κ3) is 4.06. The molecule has 0 saturated heterocycles. The van der Waals surface area contributed by atoms with Crippen LogP contribution in [-0.4, -0.2) is 19.8 Å². The zero-order chi connectivity index (χ0) is 21.1. The lowest BCUT2D eigenvalue weighted by Crippen LogP contribution is -2.08. The molecule has 3 aromatic carbocycles. The summed E-state index contributed by atoms with van der Waals surface area (Å²) in [5, 5.41) is 0. The number of nitrogens with two attached hydrogens (primary N) is 1. The van der Waals surface area contributed by atoms with Crippen molar-refractivity contribution in [1.29, 1.82) is 0 Å². The van der Waals surface area contributed by atoms with Gasteiger partial charge in [0.15, 0.2) is 0 Å². The van der Waals surface area contributed by atoms with Gasteiger partial charge in [-0.25, -0.2) is 0 Å². The van der Waals surface area contributed by atoms with Crippen LogP contribution in [0.1, 0.15) is 24.0 Å². The number of benzene rings is 3. The molecular weight excluding hydrogens is 366 g/mol. The molecule has 0 spiro atoms. The van der Waals surface area contributed by atoms with E-state index in [-0.39, 0.29) is 0 Å². The first-order valence-electron chi connectivity index (χ1n) is 10.2. The molecule has 150 valence electrons. The Morgan fingerprint density at radius 2 is 1.50 bits per heavy atom. The maximum atomic E-state index is 5.98. The van der Waals surface area contributed by atoms with Crippen LogP contribution in [0.5, 0.6) is 0 Å². The highest BCUT2D eigenvalue weighted by atomic mass is 15.1. The van der Waals surface area contributed by atoms with Crippen molar-refractivity contribution in [1.82, 2.24) is 0 Å². The molecule has 30 heavy (non-hydrogen) atoms. The highest BCUT2D eigenvalue weighted by Gasteiger charge is 2.22. The van der Waals surface area contributed by atoms with E-state index in [1.54, 1.807) is 0 Å². The maximum absolute atomic E-state index is 5.98. The minimum absolute atomic E-state index is 0.585. The number of hydrogen-bond acceptors (Lipinski definition) is 3. The number of hydrogen-bond donors (Lipinski definition) is 1. The predicted molar refractivity (Wildman–Crippen MR) is 129 cm³/mol. The monoisotopic (exact) mass is 393 g/mol. The highest BCUT2D eigenvalue weighted by Crippen LogP contribution is 2.36. The average molecular weight is 394 g/mol. The normalized spacial score (nSPS) is 13.3. The molecule has 0 atom stereocenters. The Hall–Kier alpha value is -3.59. The van der Waals surface area contributed by atoms with Gasteiger partial charge in [0.05, 0.1) is 11.4 Å². The van der Waals surface area contributed by atoms with Crippen LogP contribution in [0.2, 0.25) is 0 Å². The van der Waals surface area contributed by atoms with Crippen molar-refractivity contribution >= 4 is 17.0 Å². The topological polar surface area (TPSA) is 41.6 Å². The SMILES string of the molecule is C=C(N)CC1=C(c2ccc(N(C)C)cc2)CC(c2ccccc2-c2ccccc2)=N1. The lowest BCUT2D eigenvalue weighted by Gasteiger charge is -2.14. The minimum atomic E-state index is 0.585. The summed E-state index contributed by atoms with van der Waals surface area (Å²) in [4.78, 5) is 7.15. The second-order valence-electron chi connectivity index (χ2n) is 7.85. The van der Waals surface area contributed by atoms with Gasteiger partial charge in [-0.15, -0.1) is 0 Å². The zero-order valence-corrected chi connectivity index (χ0v) is 17.6. The van der Waals surface area contributed by atoms with Crippen LogP contribution in [0.3, 0.4) is 0 Å². The molecular formula is C27H27N3. The first-order chi connectivity index (χ1) is 14.5. The number of nitrogens with zero attached hydrogens (tertiary/aromatic N) is 2. The number of aliphatic imine (C=N–C) groups is 1. The summed E-state index contributed by atoms with van der Waals surface area (Å²) in [6.07, 6.45) is 1.37. The van der Waals surface area contributed by atoms with Gasteiger partial charge in [0.2, 0.25) is 0 Å². The van der Waals surface area contributed by atoms with Crippen LogP contribution in [0.25, 0.3) is 16.7 Å². The van der Waals surface area contributed by atoms with Gasteiger partial charge < -0.3 is 10.6 Å². The fraction of sp³-hybridized carbons (Fsp3) is 0.148.